The second-order valence-electron chi connectivity index (χ2n) is 10.3. The number of amides is 2. The maximum atomic E-state index is 12.5. The van der Waals surface area contributed by atoms with Crippen LogP contribution < -0.4 is 5.32 Å². The lowest BCUT2D eigenvalue weighted by Gasteiger charge is -2.62. The predicted octanol–water partition coefficient (Wildman–Crippen LogP) is 2.06. The number of likely N-dealkylation sites (tertiary alicyclic amines) is 1. The topological polar surface area (TPSA) is 94.2 Å². The minimum Gasteiger partial charge on any atom is -0.351 e. The van der Waals surface area contributed by atoms with Crippen molar-refractivity contribution in [2.24, 2.45) is 17.8 Å². The first-order valence-corrected chi connectivity index (χ1v) is 11.4. The standard InChI is InChI=1S/C22H32N2O6/c1-14(25)3-4-19(27)23-20-11-16-9-17(12-20)22(18(10-16)13-20)28-21(29-30-22)5-7-24(8-6-21)15(2)26/h16-18H,3-13H2,1-2H3,(H,23,27). The van der Waals surface area contributed by atoms with E-state index in [0.717, 1.165) is 32.1 Å². The molecule has 4 aliphatic carbocycles. The lowest BCUT2D eigenvalue weighted by molar-refractivity contribution is -0.391. The van der Waals surface area contributed by atoms with E-state index in [2.05, 4.69) is 5.32 Å². The van der Waals surface area contributed by atoms with E-state index in [0.29, 0.717) is 38.3 Å². The van der Waals surface area contributed by atoms with Crippen LogP contribution in [0.25, 0.3) is 0 Å². The smallest absolute Gasteiger partial charge is 0.220 e. The fourth-order valence-corrected chi connectivity index (χ4v) is 6.84. The summed E-state index contributed by atoms with van der Waals surface area (Å²) >= 11 is 0. The Hall–Kier alpha value is -1.51. The average molecular weight is 421 g/mol. The van der Waals surface area contributed by atoms with Crippen LogP contribution in [0.3, 0.4) is 0 Å². The molecule has 30 heavy (non-hydrogen) atoms. The van der Waals surface area contributed by atoms with Crippen molar-refractivity contribution >= 4 is 17.6 Å². The molecular weight excluding hydrogens is 388 g/mol. The second-order valence-corrected chi connectivity index (χ2v) is 10.3. The van der Waals surface area contributed by atoms with Gasteiger partial charge in [0.1, 0.15) is 5.78 Å². The van der Waals surface area contributed by atoms with Gasteiger partial charge in [-0.25, -0.2) is 0 Å². The Morgan fingerprint density at radius 2 is 1.63 bits per heavy atom. The molecule has 6 rings (SSSR count). The van der Waals surface area contributed by atoms with Crippen molar-refractivity contribution in [3.05, 3.63) is 0 Å². The second kappa shape index (κ2) is 7.00. The van der Waals surface area contributed by atoms with Gasteiger partial charge in [-0.3, -0.25) is 9.59 Å². The first kappa shape index (κ1) is 20.4. The summed E-state index contributed by atoms with van der Waals surface area (Å²) in [7, 11) is 0. The third kappa shape index (κ3) is 3.28. The molecule has 2 saturated heterocycles. The molecule has 0 aromatic carbocycles. The van der Waals surface area contributed by atoms with Gasteiger partial charge >= 0.3 is 0 Å². The van der Waals surface area contributed by atoms with Crippen molar-refractivity contribution in [2.45, 2.75) is 88.7 Å². The van der Waals surface area contributed by atoms with Gasteiger partial charge in [0.05, 0.1) is 0 Å². The van der Waals surface area contributed by atoms with Gasteiger partial charge in [0.25, 0.3) is 0 Å². The molecule has 2 atom stereocenters. The Bertz CT molecular complexity index is 743. The Kier molecular flexibility index (Phi) is 4.76. The molecule has 0 radical (unpaired) electrons. The fourth-order valence-electron chi connectivity index (χ4n) is 6.84. The van der Waals surface area contributed by atoms with Crippen molar-refractivity contribution in [3.8, 4) is 0 Å². The molecule has 1 N–H and O–H groups in total. The molecule has 6 fully saturated rings. The molecule has 166 valence electrons. The summed E-state index contributed by atoms with van der Waals surface area (Å²) < 4.78 is 6.67. The zero-order valence-corrected chi connectivity index (χ0v) is 17.9. The highest BCUT2D eigenvalue weighted by Crippen LogP contribution is 2.64. The monoisotopic (exact) mass is 420 g/mol. The molecule has 0 aromatic rings. The Labute approximate surface area is 176 Å². The number of ether oxygens (including phenoxy) is 1. The first-order valence-electron chi connectivity index (χ1n) is 11.4. The maximum absolute atomic E-state index is 12.5. The third-order valence-corrected chi connectivity index (χ3v) is 8.08. The summed E-state index contributed by atoms with van der Waals surface area (Å²) in [5.41, 5.74) is -0.212. The van der Waals surface area contributed by atoms with E-state index in [1.807, 2.05) is 4.90 Å². The van der Waals surface area contributed by atoms with Crippen molar-refractivity contribution in [3.63, 3.8) is 0 Å². The van der Waals surface area contributed by atoms with Gasteiger partial charge in [0.2, 0.25) is 23.4 Å². The van der Waals surface area contributed by atoms with Crippen LogP contribution in [0.1, 0.15) is 71.6 Å². The lowest BCUT2D eigenvalue weighted by atomic mass is 9.50. The highest BCUT2D eigenvalue weighted by molar-refractivity contribution is 5.84. The molecule has 4 saturated carbocycles. The Morgan fingerprint density at radius 1 is 0.967 bits per heavy atom. The van der Waals surface area contributed by atoms with E-state index in [9.17, 15) is 14.4 Å². The average Bonchev–Trinajstić information content (AvgIpc) is 3.04. The maximum Gasteiger partial charge on any atom is 0.220 e. The zero-order chi connectivity index (χ0) is 21.1. The number of piperidine rings is 1. The van der Waals surface area contributed by atoms with E-state index < -0.39 is 11.6 Å². The van der Waals surface area contributed by atoms with Crippen molar-refractivity contribution in [2.75, 3.05) is 13.1 Å². The van der Waals surface area contributed by atoms with Crippen molar-refractivity contribution in [1.29, 1.82) is 0 Å². The molecule has 4 bridgehead atoms. The van der Waals surface area contributed by atoms with Crippen LogP contribution in [-0.2, 0) is 28.9 Å². The van der Waals surface area contributed by atoms with Gasteiger partial charge < -0.3 is 19.7 Å². The summed E-state index contributed by atoms with van der Waals surface area (Å²) in [6, 6.07) is 0. The summed E-state index contributed by atoms with van der Waals surface area (Å²) in [6.45, 7) is 4.34. The van der Waals surface area contributed by atoms with E-state index in [1.54, 1.807) is 6.92 Å². The number of nitrogens with zero attached hydrogens (tertiary/aromatic N) is 1. The minimum absolute atomic E-state index is 0.0289. The molecule has 8 nitrogen and oxygen atoms in total. The van der Waals surface area contributed by atoms with Gasteiger partial charge in [0.15, 0.2) is 0 Å². The highest BCUT2D eigenvalue weighted by Gasteiger charge is 2.70. The molecule has 2 spiro atoms. The number of nitrogens with one attached hydrogen (secondary N) is 1. The summed E-state index contributed by atoms with van der Waals surface area (Å²) in [6.07, 6.45) is 6.49. The molecule has 0 aromatic heterocycles. The van der Waals surface area contributed by atoms with Gasteiger partial charge in [0, 0.05) is 63.1 Å². The zero-order valence-electron chi connectivity index (χ0n) is 17.9. The highest BCUT2D eigenvalue weighted by atomic mass is 17.3. The summed E-state index contributed by atoms with van der Waals surface area (Å²) in [4.78, 5) is 49.2. The van der Waals surface area contributed by atoms with Gasteiger partial charge in [-0.15, -0.1) is 0 Å². The number of hydrogen-bond donors (Lipinski definition) is 1. The number of Topliss-reactive ketones (excluding diaryl/α,β-unsaturated/α-hetero) is 1. The van der Waals surface area contributed by atoms with Gasteiger partial charge in [-0.1, -0.05) is 0 Å². The predicted molar refractivity (Wildman–Crippen MR) is 105 cm³/mol. The molecule has 2 aliphatic heterocycles. The third-order valence-electron chi connectivity index (χ3n) is 8.08. The molecule has 2 amide bonds. The summed E-state index contributed by atoms with van der Waals surface area (Å²) in [5.74, 6) is -0.481. The van der Waals surface area contributed by atoms with Crippen LogP contribution in [0.15, 0.2) is 0 Å². The van der Waals surface area contributed by atoms with Crippen LogP contribution >= 0.6 is 0 Å². The fraction of sp³-hybridized carbons (Fsp3) is 0.864. The van der Waals surface area contributed by atoms with Crippen LogP contribution in [-0.4, -0.2) is 52.7 Å². The normalized spacial score (nSPS) is 40.9. The Morgan fingerprint density at radius 3 is 2.23 bits per heavy atom. The van der Waals surface area contributed by atoms with E-state index in [4.69, 9.17) is 14.5 Å². The number of ketones is 1. The quantitative estimate of drug-likeness (QED) is 0.700. The van der Waals surface area contributed by atoms with Crippen LogP contribution in [0.2, 0.25) is 0 Å². The van der Waals surface area contributed by atoms with Crippen LogP contribution in [0.4, 0.5) is 0 Å². The largest absolute Gasteiger partial charge is 0.351 e. The van der Waals surface area contributed by atoms with Crippen molar-refractivity contribution in [1.82, 2.24) is 10.2 Å². The SMILES string of the molecule is CC(=O)CCC(=O)NC12CC3CC(C1)C1(OOC4(CCN(C(C)=O)CC4)O1)C(C3)C2. The molecular formula is C22H32N2O6. The van der Waals surface area contributed by atoms with E-state index >= 15 is 0 Å². The minimum atomic E-state index is -0.765. The number of carbonyl (C=O) groups excluding carboxylic acids is 3. The van der Waals surface area contributed by atoms with Crippen LogP contribution in [0.5, 0.6) is 0 Å². The number of hydrogen-bond acceptors (Lipinski definition) is 6. The van der Waals surface area contributed by atoms with E-state index in [1.165, 1.54) is 6.92 Å². The van der Waals surface area contributed by atoms with Gasteiger partial charge in [-0.05, 0) is 44.9 Å². The van der Waals surface area contributed by atoms with E-state index in [-0.39, 0.29) is 41.4 Å². The molecule has 6 aliphatic rings. The first-order chi connectivity index (χ1) is 14.2. The number of rotatable bonds is 4. The Balaban J connectivity index is 1.28. The molecule has 8 heteroatoms. The van der Waals surface area contributed by atoms with Crippen LogP contribution in [0, 0.1) is 17.8 Å². The lowest BCUT2D eigenvalue weighted by Crippen LogP contribution is -2.69. The number of carbonyl (C=O) groups is 3. The molecule has 2 unspecified atom stereocenters. The van der Waals surface area contributed by atoms with Gasteiger partial charge in [-0.2, -0.15) is 9.78 Å². The summed E-state index contributed by atoms with van der Waals surface area (Å²) in [5, 5.41) is 3.29. The van der Waals surface area contributed by atoms with Crippen molar-refractivity contribution < 1.29 is 28.9 Å². The molecule has 2 heterocycles.